The first-order valence-corrected chi connectivity index (χ1v) is 9.35. The molecule has 0 saturated carbocycles. The van der Waals surface area contributed by atoms with Gasteiger partial charge in [0.1, 0.15) is 18.1 Å². The summed E-state index contributed by atoms with van der Waals surface area (Å²) in [6, 6.07) is 15.8. The number of carbonyl (C=O) groups is 1. The summed E-state index contributed by atoms with van der Waals surface area (Å²) in [6.45, 7) is 6.96. The summed E-state index contributed by atoms with van der Waals surface area (Å²) in [5, 5.41) is 2.89. The van der Waals surface area contributed by atoms with Gasteiger partial charge in [0, 0.05) is 0 Å². The van der Waals surface area contributed by atoms with Crippen LogP contribution in [0.5, 0.6) is 11.5 Å². The van der Waals surface area contributed by atoms with Gasteiger partial charge in [0.25, 0.3) is 5.91 Å². The van der Waals surface area contributed by atoms with Crippen LogP contribution in [0.25, 0.3) is 0 Å². The summed E-state index contributed by atoms with van der Waals surface area (Å²) in [4.78, 5) is 12.3. The number of para-hydroxylation sites is 1. The Morgan fingerprint density at radius 2 is 1.81 bits per heavy atom. The molecule has 0 fully saturated rings. The number of rotatable bonds is 10. The molecule has 4 nitrogen and oxygen atoms in total. The molecule has 0 radical (unpaired) electrons. The van der Waals surface area contributed by atoms with Crippen LogP contribution in [0.15, 0.2) is 48.5 Å². The summed E-state index contributed by atoms with van der Waals surface area (Å²) >= 11 is 0. The maximum Gasteiger partial charge on any atom is 0.261 e. The van der Waals surface area contributed by atoms with E-state index in [1.54, 1.807) is 0 Å². The van der Waals surface area contributed by atoms with Gasteiger partial charge >= 0.3 is 0 Å². The van der Waals surface area contributed by atoms with Crippen LogP contribution in [0.3, 0.4) is 0 Å². The molecule has 0 aliphatic carbocycles. The zero-order chi connectivity index (χ0) is 18.8. The molecule has 0 saturated heterocycles. The second kappa shape index (κ2) is 10.5. The number of benzene rings is 2. The molecule has 0 aliphatic rings. The van der Waals surface area contributed by atoms with Gasteiger partial charge in [-0.05, 0) is 49.1 Å². The largest absolute Gasteiger partial charge is 0.492 e. The summed E-state index contributed by atoms with van der Waals surface area (Å²) in [5.41, 5.74) is 2.33. The summed E-state index contributed by atoms with van der Waals surface area (Å²) in [7, 11) is 0. The third-order valence-electron chi connectivity index (χ3n) is 4.16. The van der Waals surface area contributed by atoms with Crippen molar-refractivity contribution in [2.45, 2.75) is 46.1 Å². The van der Waals surface area contributed by atoms with Gasteiger partial charge in [-0.25, -0.2) is 0 Å². The van der Waals surface area contributed by atoms with Gasteiger partial charge < -0.3 is 14.8 Å². The van der Waals surface area contributed by atoms with Crippen molar-refractivity contribution >= 4 is 5.91 Å². The highest BCUT2D eigenvalue weighted by Gasteiger charge is 2.18. The Hall–Kier alpha value is -2.49. The highest BCUT2D eigenvalue weighted by Crippen LogP contribution is 2.19. The van der Waals surface area contributed by atoms with E-state index in [1.807, 2.05) is 50.2 Å². The van der Waals surface area contributed by atoms with E-state index in [0.717, 1.165) is 29.9 Å². The lowest BCUT2D eigenvalue weighted by atomic mass is 10.1. The minimum Gasteiger partial charge on any atom is -0.492 e. The van der Waals surface area contributed by atoms with Crippen LogP contribution in [0.1, 0.15) is 37.8 Å². The van der Waals surface area contributed by atoms with E-state index in [-0.39, 0.29) is 5.91 Å². The molecular weight excluding hydrogens is 326 g/mol. The number of ether oxygens (including phenoxy) is 2. The number of aryl methyl sites for hydroxylation is 2. The standard InChI is InChI=1S/C22H29NO3/c1-4-8-18-11-13-19(14-12-18)25-16-15-23-22(24)20(5-2)26-21-10-7-6-9-17(21)3/h6-7,9-14,20H,4-5,8,15-16H2,1-3H3,(H,23,24)/t20-/m1/s1. The Balaban J connectivity index is 1.75. The third-order valence-corrected chi connectivity index (χ3v) is 4.16. The second-order valence-electron chi connectivity index (χ2n) is 6.31. The molecule has 1 atom stereocenters. The molecule has 140 valence electrons. The van der Waals surface area contributed by atoms with Gasteiger partial charge in [-0.3, -0.25) is 4.79 Å². The highest BCUT2D eigenvalue weighted by molar-refractivity contribution is 5.81. The number of carbonyl (C=O) groups excluding carboxylic acids is 1. The smallest absolute Gasteiger partial charge is 0.261 e. The minimum absolute atomic E-state index is 0.113. The Kier molecular flexibility index (Phi) is 8.00. The van der Waals surface area contributed by atoms with Crippen LogP contribution >= 0.6 is 0 Å². The fourth-order valence-electron chi connectivity index (χ4n) is 2.66. The molecule has 0 unspecified atom stereocenters. The number of nitrogens with one attached hydrogen (secondary N) is 1. The van der Waals surface area contributed by atoms with Crippen LogP contribution in [-0.2, 0) is 11.2 Å². The predicted octanol–water partition coefficient (Wildman–Crippen LogP) is 4.30. The van der Waals surface area contributed by atoms with Crippen molar-refractivity contribution in [3.05, 3.63) is 59.7 Å². The van der Waals surface area contributed by atoms with Gasteiger partial charge in [-0.15, -0.1) is 0 Å². The number of amides is 1. The topological polar surface area (TPSA) is 47.6 Å². The monoisotopic (exact) mass is 355 g/mol. The zero-order valence-electron chi connectivity index (χ0n) is 16.0. The molecule has 1 N–H and O–H groups in total. The Bertz CT molecular complexity index is 682. The van der Waals surface area contributed by atoms with E-state index >= 15 is 0 Å². The van der Waals surface area contributed by atoms with Gasteiger partial charge in [-0.1, -0.05) is 50.6 Å². The van der Waals surface area contributed by atoms with Crippen LogP contribution in [0.2, 0.25) is 0 Å². The van der Waals surface area contributed by atoms with Gasteiger partial charge in [-0.2, -0.15) is 0 Å². The normalized spacial score (nSPS) is 11.7. The second-order valence-corrected chi connectivity index (χ2v) is 6.31. The number of hydrogen-bond donors (Lipinski definition) is 1. The number of hydrogen-bond acceptors (Lipinski definition) is 3. The lowest BCUT2D eigenvalue weighted by molar-refractivity contribution is -0.128. The molecule has 2 aromatic carbocycles. The fraction of sp³-hybridized carbons (Fsp3) is 0.409. The predicted molar refractivity (Wildman–Crippen MR) is 105 cm³/mol. The average Bonchev–Trinajstić information content (AvgIpc) is 2.66. The maximum atomic E-state index is 12.3. The van der Waals surface area contributed by atoms with E-state index in [0.29, 0.717) is 19.6 Å². The van der Waals surface area contributed by atoms with Gasteiger partial charge in [0.15, 0.2) is 6.10 Å². The lowest BCUT2D eigenvalue weighted by Crippen LogP contribution is -2.39. The van der Waals surface area contributed by atoms with Crippen LogP contribution in [-0.4, -0.2) is 25.2 Å². The van der Waals surface area contributed by atoms with Crippen LogP contribution < -0.4 is 14.8 Å². The van der Waals surface area contributed by atoms with E-state index < -0.39 is 6.10 Å². The van der Waals surface area contributed by atoms with Crippen molar-refractivity contribution in [2.75, 3.05) is 13.2 Å². The van der Waals surface area contributed by atoms with Crippen molar-refractivity contribution in [2.24, 2.45) is 0 Å². The first-order valence-electron chi connectivity index (χ1n) is 9.35. The summed E-state index contributed by atoms with van der Waals surface area (Å²) < 4.78 is 11.5. The highest BCUT2D eigenvalue weighted by atomic mass is 16.5. The Labute approximate surface area is 156 Å². The van der Waals surface area contributed by atoms with E-state index in [9.17, 15) is 4.79 Å². The van der Waals surface area contributed by atoms with E-state index in [2.05, 4.69) is 24.4 Å². The maximum absolute atomic E-state index is 12.3. The molecule has 0 aromatic heterocycles. The lowest BCUT2D eigenvalue weighted by Gasteiger charge is -2.18. The average molecular weight is 355 g/mol. The SMILES string of the molecule is CCCc1ccc(OCCNC(=O)[C@@H](CC)Oc2ccccc2C)cc1. The molecule has 4 heteroatoms. The Morgan fingerprint density at radius 1 is 1.08 bits per heavy atom. The zero-order valence-corrected chi connectivity index (χ0v) is 16.0. The molecule has 0 spiro atoms. The molecule has 0 heterocycles. The van der Waals surface area contributed by atoms with Gasteiger partial charge in [0.2, 0.25) is 0 Å². The third kappa shape index (κ3) is 6.10. The molecule has 2 aromatic rings. The van der Waals surface area contributed by atoms with Crippen molar-refractivity contribution in [3.8, 4) is 11.5 Å². The van der Waals surface area contributed by atoms with Crippen molar-refractivity contribution in [1.82, 2.24) is 5.32 Å². The molecule has 0 aliphatic heterocycles. The van der Waals surface area contributed by atoms with E-state index in [1.165, 1.54) is 5.56 Å². The first kappa shape index (κ1) is 19.8. The quantitative estimate of drug-likeness (QED) is 0.647. The van der Waals surface area contributed by atoms with Gasteiger partial charge in [0.05, 0.1) is 6.54 Å². The van der Waals surface area contributed by atoms with Crippen LogP contribution in [0.4, 0.5) is 0 Å². The minimum atomic E-state index is -0.496. The molecular formula is C22H29NO3. The summed E-state index contributed by atoms with van der Waals surface area (Å²) in [5.74, 6) is 1.46. The molecule has 0 bridgehead atoms. The van der Waals surface area contributed by atoms with E-state index in [4.69, 9.17) is 9.47 Å². The summed E-state index contributed by atoms with van der Waals surface area (Å²) in [6.07, 6.45) is 2.33. The van der Waals surface area contributed by atoms with Crippen molar-refractivity contribution < 1.29 is 14.3 Å². The molecule has 2 rings (SSSR count). The molecule has 26 heavy (non-hydrogen) atoms. The first-order chi connectivity index (χ1) is 12.6. The van der Waals surface area contributed by atoms with Crippen molar-refractivity contribution in [3.63, 3.8) is 0 Å². The Morgan fingerprint density at radius 3 is 2.46 bits per heavy atom. The molecule has 1 amide bonds. The van der Waals surface area contributed by atoms with Crippen LogP contribution in [0, 0.1) is 6.92 Å². The fourth-order valence-corrected chi connectivity index (χ4v) is 2.66. The van der Waals surface area contributed by atoms with Crippen molar-refractivity contribution in [1.29, 1.82) is 0 Å².